The van der Waals surface area contributed by atoms with Gasteiger partial charge in [-0.1, -0.05) is 40.2 Å². The Morgan fingerprint density at radius 3 is 2.86 bits per heavy atom. The Hall–Kier alpha value is -0.830. The van der Waals surface area contributed by atoms with Crippen molar-refractivity contribution in [1.29, 1.82) is 0 Å². The Bertz CT molecular complexity index is 321. The van der Waals surface area contributed by atoms with Crippen molar-refractivity contribution in [3.8, 4) is 0 Å². The SMILES string of the molecule is COC(=O)Cc1cccc(C(C)Br)c1. The predicted molar refractivity (Wildman–Crippen MR) is 59.5 cm³/mol. The van der Waals surface area contributed by atoms with Gasteiger partial charge in [0, 0.05) is 4.83 Å². The second kappa shape index (κ2) is 5.15. The molecule has 0 fully saturated rings. The highest BCUT2D eigenvalue weighted by atomic mass is 79.9. The third kappa shape index (κ3) is 3.14. The molecule has 14 heavy (non-hydrogen) atoms. The fourth-order valence-electron chi connectivity index (χ4n) is 1.19. The number of hydrogen-bond donors (Lipinski definition) is 0. The number of carbonyl (C=O) groups is 1. The van der Waals surface area contributed by atoms with E-state index in [-0.39, 0.29) is 5.97 Å². The number of rotatable bonds is 3. The van der Waals surface area contributed by atoms with E-state index in [1.807, 2.05) is 24.3 Å². The van der Waals surface area contributed by atoms with Crippen LogP contribution in [0, 0.1) is 0 Å². The van der Waals surface area contributed by atoms with Crippen molar-refractivity contribution in [3.63, 3.8) is 0 Å². The van der Waals surface area contributed by atoms with Crippen LogP contribution in [0.4, 0.5) is 0 Å². The van der Waals surface area contributed by atoms with Gasteiger partial charge in [0.1, 0.15) is 0 Å². The lowest BCUT2D eigenvalue weighted by Gasteiger charge is -2.05. The molecular weight excluding hydrogens is 244 g/mol. The fourth-order valence-corrected chi connectivity index (χ4v) is 1.47. The summed E-state index contributed by atoms with van der Waals surface area (Å²) >= 11 is 3.48. The van der Waals surface area contributed by atoms with Crippen LogP contribution in [0.5, 0.6) is 0 Å². The summed E-state index contributed by atoms with van der Waals surface area (Å²) in [7, 11) is 1.40. The first-order valence-electron chi connectivity index (χ1n) is 4.43. The minimum atomic E-state index is -0.204. The summed E-state index contributed by atoms with van der Waals surface area (Å²) in [4.78, 5) is 11.3. The zero-order valence-electron chi connectivity index (χ0n) is 8.29. The molecule has 0 radical (unpaired) electrons. The quantitative estimate of drug-likeness (QED) is 0.614. The summed E-state index contributed by atoms with van der Waals surface area (Å²) in [5.41, 5.74) is 2.16. The number of hydrogen-bond acceptors (Lipinski definition) is 2. The molecule has 0 N–H and O–H groups in total. The topological polar surface area (TPSA) is 26.3 Å². The van der Waals surface area contributed by atoms with Gasteiger partial charge in [-0.05, 0) is 18.1 Å². The van der Waals surface area contributed by atoms with Crippen molar-refractivity contribution in [2.24, 2.45) is 0 Å². The van der Waals surface area contributed by atoms with Gasteiger partial charge in [-0.25, -0.2) is 0 Å². The number of ether oxygens (including phenoxy) is 1. The van der Waals surface area contributed by atoms with E-state index in [0.717, 1.165) is 5.56 Å². The first kappa shape index (κ1) is 11.2. The van der Waals surface area contributed by atoms with Gasteiger partial charge >= 0.3 is 5.97 Å². The molecule has 1 unspecified atom stereocenters. The average Bonchev–Trinajstić information content (AvgIpc) is 2.18. The van der Waals surface area contributed by atoms with Gasteiger partial charge in [-0.2, -0.15) is 0 Å². The van der Waals surface area contributed by atoms with Gasteiger partial charge in [0.25, 0.3) is 0 Å². The molecule has 0 aliphatic carbocycles. The fraction of sp³-hybridized carbons (Fsp3) is 0.364. The molecule has 0 aliphatic heterocycles. The van der Waals surface area contributed by atoms with Crippen LogP contribution in [0.15, 0.2) is 24.3 Å². The Morgan fingerprint density at radius 1 is 1.57 bits per heavy atom. The molecule has 0 aromatic heterocycles. The van der Waals surface area contributed by atoms with Gasteiger partial charge in [0.2, 0.25) is 0 Å². The Kier molecular flexibility index (Phi) is 4.14. The first-order valence-corrected chi connectivity index (χ1v) is 5.34. The maximum Gasteiger partial charge on any atom is 0.309 e. The molecule has 2 nitrogen and oxygen atoms in total. The summed E-state index contributed by atoms with van der Waals surface area (Å²) in [5.74, 6) is -0.204. The first-order chi connectivity index (χ1) is 6.63. The molecule has 0 saturated heterocycles. The summed E-state index contributed by atoms with van der Waals surface area (Å²) in [5, 5.41) is 0. The molecule has 0 spiro atoms. The third-order valence-electron chi connectivity index (χ3n) is 1.99. The Balaban J connectivity index is 2.78. The molecule has 0 amide bonds. The number of benzene rings is 1. The lowest BCUT2D eigenvalue weighted by Crippen LogP contribution is -2.04. The maximum atomic E-state index is 11.0. The van der Waals surface area contributed by atoms with Gasteiger partial charge in [0.05, 0.1) is 13.5 Å². The lowest BCUT2D eigenvalue weighted by atomic mass is 10.1. The largest absolute Gasteiger partial charge is 0.469 e. The lowest BCUT2D eigenvalue weighted by molar-refractivity contribution is -0.139. The van der Waals surface area contributed by atoms with Gasteiger partial charge in [0.15, 0.2) is 0 Å². The van der Waals surface area contributed by atoms with Crippen LogP contribution in [0.2, 0.25) is 0 Å². The van der Waals surface area contributed by atoms with Gasteiger partial charge in [-0.15, -0.1) is 0 Å². The highest BCUT2D eigenvalue weighted by molar-refractivity contribution is 9.09. The van der Waals surface area contributed by atoms with Crippen molar-refractivity contribution < 1.29 is 9.53 Å². The zero-order chi connectivity index (χ0) is 10.6. The molecule has 0 aliphatic rings. The van der Waals surface area contributed by atoms with E-state index in [1.54, 1.807) is 0 Å². The molecule has 1 aromatic rings. The Morgan fingerprint density at radius 2 is 2.29 bits per heavy atom. The zero-order valence-corrected chi connectivity index (χ0v) is 9.87. The minimum absolute atomic E-state index is 0.204. The van der Waals surface area contributed by atoms with Crippen LogP contribution >= 0.6 is 15.9 Å². The van der Waals surface area contributed by atoms with Crippen LogP contribution in [-0.4, -0.2) is 13.1 Å². The Labute approximate surface area is 92.4 Å². The van der Waals surface area contributed by atoms with Crippen LogP contribution in [0.25, 0.3) is 0 Å². The summed E-state index contributed by atoms with van der Waals surface area (Å²) in [6.45, 7) is 2.05. The molecule has 0 bridgehead atoms. The van der Waals surface area contributed by atoms with Crippen molar-refractivity contribution in [2.45, 2.75) is 18.2 Å². The molecule has 0 saturated carbocycles. The molecule has 76 valence electrons. The maximum absolute atomic E-state index is 11.0. The van der Waals surface area contributed by atoms with Crippen LogP contribution < -0.4 is 0 Å². The minimum Gasteiger partial charge on any atom is -0.469 e. The molecule has 1 aromatic carbocycles. The molecule has 3 heteroatoms. The summed E-state index contributed by atoms with van der Waals surface area (Å²) < 4.78 is 4.60. The van der Waals surface area contributed by atoms with E-state index >= 15 is 0 Å². The molecule has 0 heterocycles. The molecule has 1 atom stereocenters. The summed E-state index contributed by atoms with van der Waals surface area (Å²) in [6.07, 6.45) is 0.337. The number of methoxy groups -OCH3 is 1. The smallest absolute Gasteiger partial charge is 0.309 e. The van der Waals surface area contributed by atoms with Crippen molar-refractivity contribution in [2.75, 3.05) is 7.11 Å². The van der Waals surface area contributed by atoms with Crippen LogP contribution in [0.1, 0.15) is 22.9 Å². The molecule has 1 rings (SSSR count). The van der Waals surface area contributed by atoms with Gasteiger partial charge in [-0.3, -0.25) is 4.79 Å². The number of carbonyl (C=O) groups excluding carboxylic acids is 1. The van der Waals surface area contributed by atoms with E-state index in [9.17, 15) is 4.79 Å². The number of alkyl halides is 1. The van der Waals surface area contributed by atoms with E-state index in [1.165, 1.54) is 12.7 Å². The number of esters is 1. The van der Waals surface area contributed by atoms with Crippen molar-refractivity contribution >= 4 is 21.9 Å². The van der Waals surface area contributed by atoms with Crippen LogP contribution in [0.3, 0.4) is 0 Å². The van der Waals surface area contributed by atoms with Crippen molar-refractivity contribution in [1.82, 2.24) is 0 Å². The standard InChI is InChI=1S/C11H13BrO2/c1-8(12)10-5-3-4-9(6-10)7-11(13)14-2/h3-6,8H,7H2,1-2H3. The average molecular weight is 257 g/mol. The number of halogens is 1. The second-order valence-corrected chi connectivity index (χ2v) is 4.49. The van der Waals surface area contributed by atoms with E-state index in [2.05, 4.69) is 27.6 Å². The monoisotopic (exact) mass is 256 g/mol. The highest BCUT2D eigenvalue weighted by Gasteiger charge is 2.05. The van der Waals surface area contributed by atoms with E-state index in [4.69, 9.17) is 0 Å². The van der Waals surface area contributed by atoms with E-state index in [0.29, 0.717) is 11.2 Å². The molecular formula is C11H13BrO2. The van der Waals surface area contributed by atoms with Crippen molar-refractivity contribution in [3.05, 3.63) is 35.4 Å². The van der Waals surface area contributed by atoms with Gasteiger partial charge < -0.3 is 4.74 Å². The normalized spacial score (nSPS) is 12.2. The highest BCUT2D eigenvalue weighted by Crippen LogP contribution is 2.22. The van der Waals surface area contributed by atoms with E-state index < -0.39 is 0 Å². The third-order valence-corrected chi connectivity index (χ3v) is 2.52. The van der Waals surface area contributed by atoms with Crippen LogP contribution in [-0.2, 0) is 16.0 Å². The second-order valence-electron chi connectivity index (χ2n) is 3.11. The predicted octanol–water partition coefficient (Wildman–Crippen LogP) is 2.86. The summed E-state index contributed by atoms with van der Waals surface area (Å²) in [6, 6.07) is 7.91.